The summed E-state index contributed by atoms with van der Waals surface area (Å²) in [4.78, 5) is 24.1. The van der Waals surface area contributed by atoms with E-state index in [1.165, 1.54) is 122 Å². The summed E-state index contributed by atoms with van der Waals surface area (Å²) >= 11 is 0. The van der Waals surface area contributed by atoms with Crippen LogP contribution in [0, 0.1) is 0 Å². The molecule has 0 fully saturated rings. The average Bonchev–Trinajstić information content (AvgIpc) is 2.87. The highest BCUT2D eigenvalue weighted by molar-refractivity contribution is 5.81. The number of hydrogen-bond donors (Lipinski definition) is 1. The van der Waals surface area contributed by atoms with Gasteiger partial charge >= 0.3 is 11.9 Å². The van der Waals surface area contributed by atoms with Gasteiger partial charge in [0, 0.05) is 6.42 Å². The number of rotatable bonds is 29. The minimum Gasteiger partial charge on any atom is -0.478 e. The van der Waals surface area contributed by atoms with Crippen molar-refractivity contribution < 1.29 is 19.4 Å². The number of esters is 1. The number of aliphatic carboxylic acids is 1. The maximum Gasteiger partial charge on any atom is 0.347 e. The van der Waals surface area contributed by atoms with Gasteiger partial charge in [0.2, 0.25) is 5.60 Å². The lowest BCUT2D eigenvalue weighted by Crippen LogP contribution is -2.40. The van der Waals surface area contributed by atoms with Gasteiger partial charge in [0.25, 0.3) is 0 Å². The Morgan fingerprint density at radius 1 is 0.514 bits per heavy atom. The number of unbranched alkanes of at least 4 members (excludes halogenated alkanes) is 23. The Morgan fingerprint density at radius 2 is 0.811 bits per heavy atom. The van der Waals surface area contributed by atoms with E-state index < -0.39 is 11.6 Å². The molecule has 220 valence electrons. The first kappa shape index (κ1) is 35.9. The minimum absolute atomic E-state index is 0.332. The van der Waals surface area contributed by atoms with E-state index in [0.29, 0.717) is 12.8 Å². The van der Waals surface area contributed by atoms with E-state index in [2.05, 4.69) is 13.8 Å². The molecule has 37 heavy (non-hydrogen) atoms. The molecule has 0 rings (SSSR count). The molecular formula is C33H64O4. The lowest BCUT2D eigenvalue weighted by Gasteiger charge is -2.25. The molecule has 1 N–H and O–H groups in total. The number of ether oxygens (including phenoxy) is 1. The van der Waals surface area contributed by atoms with Gasteiger partial charge in [-0.25, -0.2) is 4.79 Å². The smallest absolute Gasteiger partial charge is 0.347 e. The van der Waals surface area contributed by atoms with E-state index in [-0.39, 0.29) is 5.97 Å². The van der Waals surface area contributed by atoms with Crippen LogP contribution in [-0.4, -0.2) is 22.6 Å². The standard InChI is InChI=1S/C33H64O4/c1-4-6-8-10-12-14-16-18-19-21-23-25-27-29-31(34)37-33(3,32(35)36)30-28-26-24-22-20-17-15-13-11-9-7-5-2/h4-30H2,1-3H3,(H,35,36)/t33-/m0/s1. The monoisotopic (exact) mass is 524 g/mol. The average molecular weight is 525 g/mol. The van der Waals surface area contributed by atoms with Crippen molar-refractivity contribution in [3.8, 4) is 0 Å². The summed E-state index contributed by atoms with van der Waals surface area (Å²) in [6.45, 7) is 6.08. The third kappa shape index (κ3) is 23.8. The molecule has 0 aromatic carbocycles. The zero-order valence-corrected chi connectivity index (χ0v) is 25.3. The number of carbonyl (C=O) groups excluding carboxylic acids is 1. The Kier molecular flexibility index (Phi) is 25.8. The third-order valence-corrected chi connectivity index (χ3v) is 7.78. The highest BCUT2D eigenvalue weighted by Gasteiger charge is 2.36. The second kappa shape index (κ2) is 26.5. The number of carboxylic acids is 1. The van der Waals surface area contributed by atoms with Crippen LogP contribution < -0.4 is 0 Å². The van der Waals surface area contributed by atoms with Gasteiger partial charge in [-0.05, 0) is 26.2 Å². The van der Waals surface area contributed by atoms with Crippen LogP contribution in [0.15, 0.2) is 0 Å². The van der Waals surface area contributed by atoms with Crippen LogP contribution in [0.5, 0.6) is 0 Å². The fourth-order valence-electron chi connectivity index (χ4n) is 5.09. The van der Waals surface area contributed by atoms with Gasteiger partial charge in [0.05, 0.1) is 0 Å². The van der Waals surface area contributed by atoms with Crippen LogP contribution in [-0.2, 0) is 14.3 Å². The van der Waals surface area contributed by atoms with Crippen LogP contribution in [0.1, 0.15) is 194 Å². The molecule has 0 aromatic rings. The lowest BCUT2D eigenvalue weighted by molar-refractivity contribution is -0.177. The molecule has 0 aliphatic heterocycles. The van der Waals surface area contributed by atoms with Crippen LogP contribution in [0.2, 0.25) is 0 Å². The molecular weight excluding hydrogens is 460 g/mol. The normalized spacial score (nSPS) is 12.9. The van der Waals surface area contributed by atoms with Crippen LogP contribution in [0.4, 0.5) is 0 Å². The second-order valence-electron chi connectivity index (χ2n) is 11.6. The molecule has 0 aromatic heterocycles. The van der Waals surface area contributed by atoms with Crippen LogP contribution in [0.25, 0.3) is 0 Å². The Morgan fingerprint density at radius 3 is 1.14 bits per heavy atom. The Balaban J connectivity index is 3.72. The quantitative estimate of drug-likeness (QED) is 0.0780. The molecule has 1 atom stereocenters. The van der Waals surface area contributed by atoms with Crippen molar-refractivity contribution in [3.63, 3.8) is 0 Å². The molecule has 0 amide bonds. The molecule has 0 aliphatic rings. The Bertz CT molecular complexity index is 518. The van der Waals surface area contributed by atoms with Crippen molar-refractivity contribution in [2.45, 2.75) is 200 Å². The second-order valence-corrected chi connectivity index (χ2v) is 11.6. The molecule has 0 spiro atoms. The molecule has 0 radical (unpaired) electrons. The summed E-state index contributed by atoms with van der Waals surface area (Å²) in [6.07, 6.45) is 32.0. The van der Waals surface area contributed by atoms with Gasteiger partial charge < -0.3 is 9.84 Å². The maximum atomic E-state index is 12.3. The molecule has 0 bridgehead atoms. The molecule has 4 nitrogen and oxygen atoms in total. The van der Waals surface area contributed by atoms with Crippen molar-refractivity contribution in [1.29, 1.82) is 0 Å². The third-order valence-electron chi connectivity index (χ3n) is 7.78. The number of carboxylic acid groups (broad SMARTS) is 1. The molecule has 0 unspecified atom stereocenters. The first-order valence-electron chi connectivity index (χ1n) is 16.4. The van der Waals surface area contributed by atoms with Crippen molar-refractivity contribution in [2.24, 2.45) is 0 Å². The first-order chi connectivity index (χ1) is 18.0. The summed E-state index contributed by atoms with van der Waals surface area (Å²) in [5, 5.41) is 9.67. The highest BCUT2D eigenvalue weighted by atomic mass is 16.6. The molecule has 4 heteroatoms. The summed E-state index contributed by atoms with van der Waals surface area (Å²) in [7, 11) is 0. The number of carbonyl (C=O) groups is 2. The molecule has 0 heterocycles. The fraction of sp³-hybridized carbons (Fsp3) is 0.939. The SMILES string of the molecule is CCCCCCCCCCCCCCCC(=O)O[C@@](C)(CCCCCCCCCCCCCC)C(=O)O. The van der Waals surface area contributed by atoms with Crippen molar-refractivity contribution in [1.82, 2.24) is 0 Å². The summed E-state index contributed by atoms with van der Waals surface area (Å²) in [6, 6.07) is 0. The topological polar surface area (TPSA) is 63.6 Å². The van der Waals surface area contributed by atoms with Gasteiger partial charge in [0.1, 0.15) is 0 Å². The highest BCUT2D eigenvalue weighted by Crippen LogP contribution is 2.23. The largest absolute Gasteiger partial charge is 0.478 e. The summed E-state index contributed by atoms with van der Waals surface area (Å²) < 4.78 is 5.47. The van der Waals surface area contributed by atoms with E-state index in [0.717, 1.165) is 38.5 Å². The van der Waals surface area contributed by atoms with Gasteiger partial charge in [0.15, 0.2) is 0 Å². The lowest BCUT2D eigenvalue weighted by atomic mass is 9.97. The predicted molar refractivity (Wildman–Crippen MR) is 158 cm³/mol. The number of hydrogen-bond acceptors (Lipinski definition) is 3. The van der Waals surface area contributed by atoms with E-state index in [1.54, 1.807) is 6.92 Å². The fourth-order valence-corrected chi connectivity index (χ4v) is 5.09. The first-order valence-corrected chi connectivity index (χ1v) is 16.4. The van der Waals surface area contributed by atoms with Gasteiger partial charge in [-0.1, -0.05) is 162 Å². The minimum atomic E-state index is -1.38. The Labute approximate surface area is 231 Å². The Hall–Kier alpha value is -1.06. The predicted octanol–water partition coefficient (Wildman–Crippen LogP) is 10.9. The van der Waals surface area contributed by atoms with Crippen LogP contribution >= 0.6 is 0 Å². The maximum absolute atomic E-state index is 12.3. The zero-order valence-electron chi connectivity index (χ0n) is 25.3. The van der Waals surface area contributed by atoms with E-state index in [1.807, 2.05) is 0 Å². The zero-order chi connectivity index (χ0) is 27.5. The van der Waals surface area contributed by atoms with Crippen molar-refractivity contribution in [2.75, 3.05) is 0 Å². The van der Waals surface area contributed by atoms with Crippen molar-refractivity contribution in [3.05, 3.63) is 0 Å². The van der Waals surface area contributed by atoms with E-state index in [9.17, 15) is 14.7 Å². The summed E-state index contributed by atoms with van der Waals surface area (Å²) in [5.74, 6) is -1.37. The van der Waals surface area contributed by atoms with Crippen LogP contribution in [0.3, 0.4) is 0 Å². The van der Waals surface area contributed by atoms with Gasteiger partial charge in [-0.2, -0.15) is 0 Å². The molecule has 0 aliphatic carbocycles. The van der Waals surface area contributed by atoms with Gasteiger partial charge in [-0.3, -0.25) is 4.79 Å². The molecule has 0 saturated carbocycles. The van der Waals surface area contributed by atoms with E-state index in [4.69, 9.17) is 4.74 Å². The van der Waals surface area contributed by atoms with Crippen molar-refractivity contribution >= 4 is 11.9 Å². The van der Waals surface area contributed by atoms with Gasteiger partial charge in [-0.15, -0.1) is 0 Å². The summed E-state index contributed by atoms with van der Waals surface area (Å²) in [5.41, 5.74) is -1.38. The molecule has 0 saturated heterocycles. The van der Waals surface area contributed by atoms with E-state index >= 15 is 0 Å².